The molecule has 0 amide bonds. The van der Waals surface area contributed by atoms with Crippen molar-refractivity contribution in [1.29, 1.82) is 0 Å². The van der Waals surface area contributed by atoms with Crippen LogP contribution in [-0.2, 0) is 5.67 Å². The molecule has 0 saturated heterocycles. The summed E-state index contributed by atoms with van der Waals surface area (Å²) < 4.78 is 90.5. The van der Waals surface area contributed by atoms with Crippen LogP contribution in [-0.4, -0.2) is 12.4 Å². The monoisotopic (exact) mass is 428 g/mol. The lowest BCUT2D eigenvalue weighted by Crippen LogP contribution is -2.50. The van der Waals surface area contributed by atoms with Crippen LogP contribution in [0.15, 0.2) is 18.2 Å². The molecule has 0 aliphatic heterocycles. The van der Waals surface area contributed by atoms with Crippen molar-refractivity contribution in [2.24, 2.45) is 0 Å². The summed E-state index contributed by atoms with van der Waals surface area (Å²) in [5, 5.41) is 0. The molecule has 0 radical (unpaired) electrons. The van der Waals surface area contributed by atoms with E-state index in [9.17, 15) is 30.7 Å². The Balaban J connectivity index is 3.58. The highest BCUT2D eigenvalue weighted by Gasteiger charge is 2.73. The molecular formula is C13H12F7I. The van der Waals surface area contributed by atoms with E-state index in [4.69, 9.17) is 0 Å². The average molecular weight is 428 g/mol. The zero-order valence-corrected chi connectivity index (χ0v) is 13.2. The highest BCUT2D eigenvalue weighted by atomic mass is 127. The number of benzene rings is 1. The van der Waals surface area contributed by atoms with E-state index in [1.807, 2.05) is 0 Å². The number of hydrogen-bond acceptors (Lipinski definition) is 0. The lowest BCUT2D eigenvalue weighted by molar-refractivity contribution is -0.348. The fourth-order valence-electron chi connectivity index (χ4n) is 1.82. The zero-order chi connectivity index (χ0) is 16.6. The second-order valence-electron chi connectivity index (χ2n) is 4.74. The van der Waals surface area contributed by atoms with Gasteiger partial charge in [0.15, 0.2) is 0 Å². The zero-order valence-electron chi connectivity index (χ0n) is 11.0. The molecule has 1 unspecified atom stereocenters. The van der Waals surface area contributed by atoms with Crippen molar-refractivity contribution in [2.75, 3.05) is 0 Å². The van der Waals surface area contributed by atoms with Gasteiger partial charge in [-0.15, -0.1) is 0 Å². The molecule has 0 spiro atoms. The SMILES string of the molecule is CCC(C)c1cc(I)cc(C(F)(C(F)(F)F)C(F)(F)F)c1. The first kappa shape index (κ1) is 18.5. The van der Waals surface area contributed by atoms with E-state index < -0.39 is 23.6 Å². The molecule has 1 aromatic rings. The summed E-state index contributed by atoms with van der Waals surface area (Å²) >= 11 is 1.58. The van der Waals surface area contributed by atoms with Crippen molar-refractivity contribution in [1.82, 2.24) is 0 Å². The van der Waals surface area contributed by atoms with Crippen molar-refractivity contribution < 1.29 is 30.7 Å². The molecule has 1 rings (SSSR count). The van der Waals surface area contributed by atoms with E-state index in [0.29, 0.717) is 18.6 Å². The Hall–Kier alpha value is -0.540. The number of hydrogen-bond donors (Lipinski definition) is 0. The maximum Gasteiger partial charge on any atom is 0.435 e. The largest absolute Gasteiger partial charge is 0.435 e. The molecule has 0 N–H and O–H groups in total. The van der Waals surface area contributed by atoms with Gasteiger partial charge in [-0.1, -0.05) is 19.9 Å². The van der Waals surface area contributed by atoms with Gasteiger partial charge < -0.3 is 0 Å². The van der Waals surface area contributed by atoms with Crippen LogP contribution >= 0.6 is 22.6 Å². The third-order valence-electron chi connectivity index (χ3n) is 3.28. The standard InChI is InChI=1S/C13H12F7I/c1-3-7(2)8-4-9(6-10(21)5-8)11(14,12(15,16)17)13(18,19)20/h4-7H,3H2,1-2H3. The molecule has 1 aromatic carbocycles. The predicted octanol–water partition coefficient (Wildman–Crippen LogP) is 6.09. The molecule has 0 nitrogen and oxygen atoms in total. The fraction of sp³-hybridized carbons (Fsp3) is 0.538. The second kappa shape index (κ2) is 5.92. The summed E-state index contributed by atoms with van der Waals surface area (Å²) in [7, 11) is 0. The van der Waals surface area contributed by atoms with Gasteiger partial charge in [0.05, 0.1) is 0 Å². The molecule has 0 bridgehead atoms. The van der Waals surface area contributed by atoms with Crippen LogP contribution in [0.1, 0.15) is 37.3 Å². The topological polar surface area (TPSA) is 0 Å². The predicted molar refractivity (Wildman–Crippen MR) is 72.8 cm³/mol. The summed E-state index contributed by atoms with van der Waals surface area (Å²) in [4.78, 5) is 0. The Morgan fingerprint density at radius 3 is 1.81 bits per heavy atom. The van der Waals surface area contributed by atoms with Crippen molar-refractivity contribution in [3.63, 3.8) is 0 Å². The number of halogens is 8. The van der Waals surface area contributed by atoms with E-state index in [1.54, 1.807) is 36.4 Å². The molecule has 21 heavy (non-hydrogen) atoms. The highest BCUT2D eigenvalue weighted by Crippen LogP contribution is 2.53. The first-order valence-electron chi connectivity index (χ1n) is 5.98. The van der Waals surface area contributed by atoms with Gasteiger partial charge in [0, 0.05) is 9.13 Å². The lowest BCUT2D eigenvalue weighted by atomic mass is 9.89. The minimum absolute atomic E-state index is 0.121. The average Bonchev–Trinajstić information content (AvgIpc) is 2.33. The third-order valence-corrected chi connectivity index (χ3v) is 3.90. The molecule has 0 aromatic heterocycles. The maximum atomic E-state index is 14.0. The molecule has 0 aliphatic carbocycles. The Bertz CT molecular complexity index is 490. The van der Waals surface area contributed by atoms with E-state index >= 15 is 0 Å². The van der Waals surface area contributed by atoms with Gasteiger partial charge >= 0.3 is 18.0 Å². The van der Waals surface area contributed by atoms with Gasteiger partial charge in [0.25, 0.3) is 0 Å². The van der Waals surface area contributed by atoms with E-state index in [-0.39, 0.29) is 15.1 Å². The molecule has 0 aliphatic rings. The van der Waals surface area contributed by atoms with Crippen molar-refractivity contribution >= 4 is 22.6 Å². The highest BCUT2D eigenvalue weighted by molar-refractivity contribution is 14.1. The van der Waals surface area contributed by atoms with Crippen LogP contribution in [0.3, 0.4) is 0 Å². The smallest absolute Gasteiger partial charge is 0.218 e. The van der Waals surface area contributed by atoms with Gasteiger partial charge in [-0.25, -0.2) is 4.39 Å². The summed E-state index contributed by atoms with van der Waals surface area (Å²) in [6, 6.07) is 2.68. The summed E-state index contributed by atoms with van der Waals surface area (Å²) in [6.45, 7) is 3.39. The Morgan fingerprint density at radius 1 is 0.952 bits per heavy atom. The lowest BCUT2D eigenvalue weighted by Gasteiger charge is -2.31. The number of alkyl halides is 7. The van der Waals surface area contributed by atoms with Crippen LogP contribution < -0.4 is 0 Å². The van der Waals surface area contributed by atoms with Crippen LogP contribution in [0.2, 0.25) is 0 Å². The minimum atomic E-state index is -6.08. The Morgan fingerprint density at radius 2 is 1.43 bits per heavy atom. The summed E-state index contributed by atoms with van der Waals surface area (Å²) in [6.07, 6.45) is -11.7. The Labute approximate surface area is 130 Å². The molecule has 1 atom stereocenters. The van der Waals surface area contributed by atoms with E-state index in [2.05, 4.69) is 0 Å². The summed E-state index contributed by atoms with van der Waals surface area (Å²) in [5.74, 6) is -0.274. The molecule has 8 heteroatoms. The Kier molecular flexibility index (Phi) is 5.22. The second-order valence-corrected chi connectivity index (χ2v) is 5.98. The molecule has 0 fully saturated rings. The normalized spacial score (nSPS) is 15.1. The summed E-state index contributed by atoms with van der Waals surface area (Å²) in [5.41, 5.74) is -6.55. The number of rotatable bonds is 3. The first-order valence-corrected chi connectivity index (χ1v) is 7.05. The van der Waals surface area contributed by atoms with Crippen LogP contribution in [0, 0.1) is 3.57 Å². The van der Waals surface area contributed by atoms with Crippen molar-refractivity contribution in [3.05, 3.63) is 32.9 Å². The maximum absolute atomic E-state index is 14.0. The minimum Gasteiger partial charge on any atom is -0.218 e. The van der Waals surface area contributed by atoms with Crippen LogP contribution in [0.5, 0.6) is 0 Å². The van der Waals surface area contributed by atoms with Crippen LogP contribution in [0.4, 0.5) is 30.7 Å². The van der Waals surface area contributed by atoms with Gasteiger partial charge in [-0.3, -0.25) is 0 Å². The van der Waals surface area contributed by atoms with Gasteiger partial charge in [-0.05, 0) is 52.6 Å². The van der Waals surface area contributed by atoms with Gasteiger partial charge in [0.1, 0.15) is 0 Å². The van der Waals surface area contributed by atoms with E-state index in [1.165, 1.54) is 6.07 Å². The molecule has 0 heterocycles. The molecule has 120 valence electrons. The quantitative estimate of drug-likeness (QED) is 0.404. The van der Waals surface area contributed by atoms with Crippen molar-refractivity contribution in [3.8, 4) is 0 Å². The van der Waals surface area contributed by atoms with Crippen LogP contribution in [0.25, 0.3) is 0 Å². The fourth-order valence-corrected chi connectivity index (χ4v) is 2.51. The molecular weight excluding hydrogens is 416 g/mol. The first-order chi connectivity index (χ1) is 9.34. The van der Waals surface area contributed by atoms with Gasteiger partial charge in [-0.2, -0.15) is 26.3 Å². The van der Waals surface area contributed by atoms with E-state index in [0.717, 1.165) is 0 Å². The van der Waals surface area contributed by atoms with Crippen molar-refractivity contribution in [2.45, 2.75) is 44.2 Å². The third kappa shape index (κ3) is 3.45. The molecule has 0 saturated carbocycles. The van der Waals surface area contributed by atoms with Gasteiger partial charge in [0.2, 0.25) is 0 Å².